The van der Waals surface area contributed by atoms with Crippen LogP contribution in [0.15, 0.2) is 29.3 Å². The summed E-state index contributed by atoms with van der Waals surface area (Å²) in [5.74, 6) is 1.81. The van der Waals surface area contributed by atoms with Crippen molar-refractivity contribution < 1.29 is 4.74 Å². The molecule has 1 saturated heterocycles. The molecule has 2 N–H and O–H groups in total. The molecule has 0 spiro atoms. The molecule has 6 heteroatoms. The minimum Gasteiger partial charge on any atom is -0.496 e. The third kappa shape index (κ3) is 5.53. The van der Waals surface area contributed by atoms with Gasteiger partial charge in [0.2, 0.25) is 0 Å². The number of benzene rings is 1. The standard InChI is InChI=1S/C17H28N4O.HI/c1-4-19-17(18-2)20-13-15(21-11-7-8-12-21)14-9-5-6-10-16(14)22-3;/h5-6,9-10,15H,4,7-8,11-13H2,1-3H3,(H2,18,19,20);1H. The van der Waals surface area contributed by atoms with E-state index in [2.05, 4.69) is 39.6 Å². The van der Waals surface area contributed by atoms with Crippen molar-refractivity contribution in [1.82, 2.24) is 15.5 Å². The van der Waals surface area contributed by atoms with E-state index in [9.17, 15) is 0 Å². The number of ether oxygens (including phenoxy) is 1. The number of guanidine groups is 1. The van der Waals surface area contributed by atoms with E-state index < -0.39 is 0 Å². The van der Waals surface area contributed by atoms with E-state index in [0.29, 0.717) is 6.04 Å². The van der Waals surface area contributed by atoms with E-state index in [1.165, 1.54) is 18.4 Å². The van der Waals surface area contributed by atoms with Gasteiger partial charge in [0.1, 0.15) is 5.75 Å². The van der Waals surface area contributed by atoms with E-state index in [1.54, 1.807) is 14.2 Å². The molecule has 2 rings (SSSR count). The van der Waals surface area contributed by atoms with Gasteiger partial charge in [-0.05, 0) is 38.9 Å². The maximum absolute atomic E-state index is 5.57. The Hall–Kier alpha value is -1.02. The number of hydrogen-bond donors (Lipinski definition) is 2. The second-order valence-corrected chi connectivity index (χ2v) is 5.48. The SMILES string of the molecule is CCNC(=NC)NCC(c1ccccc1OC)N1CCCC1.I. The second kappa shape index (κ2) is 10.7. The lowest BCUT2D eigenvalue weighted by molar-refractivity contribution is 0.239. The van der Waals surface area contributed by atoms with Gasteiger partial charge in [0.15, 0.2) is 5.96 Å². The summed E-state index contributed by atoms with van der Waals surface area (Å²) in [5.41, 5.74) is 1.24. The Morgan fingerprint density at radius 1 is 1.26 bits per heavy atom. The number of methoxy groups -OCH3 is 1. The number of aliphatic imine (C=N–C) groups is 1. The predicted octanol–water partition coefficient (Wildman–Crippen LogP) is 2.64. The van der Waals surface area contributed by atoms with E-state index >= 15 is 0 Å². The summed E-state index contributed by atoms with van der Waals surface area (Å²) in [6.07, 6.45) is 2.54. The number of halogens is 1. The van der Waals surface area contributed by atoms with Gasteiger partial charge in [-0.2, -0.15) is 0 Å². The first-order valence-electron chi connectivity index (χ1n) is 8.11. The molecule has 0 radical (unpaired) electrons. The van der Waals surface area contributed by atoms with Crippen molar-refractivity contribution in [2.24, 2.45) is 4.99 Å². The first-order chi connectivity index (χ1) is 10.8. The third-order valence-corrected chi connectivity index (χ3v) is 4.11. The summed E-state index contributed by atoms with van der Waals surface area (Å²) in [5, 5.41) is 6.69. The maximum atomic E-state index is 5.57. The largest absolute Gasteiger partial charge is 0.496 e. The van der Waals surface area contributed by atoms with Crippen LogP contribution in [0, 0.1) is 0 Å². The van der Waals surface area contributed by atoms with Crippen LogP contribution in [0.5, 0.6) is 5.75 Å². The molecule has 1 aliphatic heterocycles. The van der Waals surface area contributed by atoms with E-state index in [0.717, 1.165) is 37.9 Å². The fourth-order valence-corrected chi connectivity index (χ4v) is 3.01. The van der Waals surface area contributed by atoms with Crippen LogP contribution in [0.4, 0.5) is 0 Å². The normalized spacial score (nSPS) is 16.6. The molecule has 1 aliphatic rings. The van der Waals surface area contributed by atoms with Gasteiger partial charge in [-0.25, -0.2) is 0 Å². The van der Waals surface area contributed by atoms with Crippen molar-refractivity contribution in [3.05, 3.63) is 29.8 Å². The first-order valence-corrected chi connectivity index (χ1v) is 8.11. The van der Waals surface area contributed by atoms with Crippen LogP contribution in [-0.2, 0) is 0 Å². The van der Waals surface area contributed by atoms with Gasteiger partial charge >= 0.3 is 0 Å². The molecule has 130 valence electrons. The Morgan fingerprint density at radius 2 is 1.96 bits per heavy atom. The Kier molecular flexibility index (Phi) is 9.31. The summed E-state index contributed by atoms with van der Waals surface area (Å²) in [4.78, 5) is 6.79. The highest BCUT2D eigenvalue weighted by Gasteiger charge is 2.25. The number of nitrogens with zero attached hydrogens (tertiary/aromatic N) is 2. The number of rotatable bonds is 6. The van der Waals surface area contributed by atoms with Crippen molar-refractivity contribution in [3.8, 4) is 5.75 Å². The molecule has 1 aromatic carbocycles. The lowest BCUT2D eigenvalue weighted by Crippen LogP contribution is -2.42. The summed E-state index contributed by atoms with van der Waals surface area (Å²) in [7, 11) is 3.55. The zero-order valence-corrected chi connectivity index (χ0v) is 16.7. The minimum atomic E-state index is 0. The van der Waals surface area contributed by atoms with Crippen molar-refractivity contribution in [3.63, 3.8) is 0 Å². The first kappa shape index (κ1) is 20.0. The lowest BCUT2D eigenvalue weighted by Gasteiger charge is -2.29. The van der Waals surface area contributed by atoms with Gasteiger partial charge in [0.05, 0.1) is 13.2 Å². The fourth-order valence-electron chi connectivity index (χ4n) is 3.01. The van der Waals surface area contributed by atoms with Gasteiger partial charge in [0.25, 0.3) is 0 Å². The van der Waals surface area contributed by atoms with Gasteiger partial charge in [-0.15, -0.1) is 24.0 Å². The molecule has 1 unspecified atom stereocenters. The summed E-state index contributed by atoms with van der Waals surface area (Å²) < 4.78 is 5.57. The molecule has 0 aromatic heterocycles. The van der Waals surface area contributed by atoms with Crippen molar-refractivity contribution in [1.29, 1.82) is 0 Å². The molecular formula is C17H29IN4O. The highest BCUT2D eigenvalue weighted by atomic mass is 127. The molecular weight excluding hydrogens is 403 g/mol. The van der Waals surface area contributed by atoms with E-state index in [-0.39, 0.29) is 24.0 Å². The van der Waals surface area contributed by atoms with E-state index in [1.807, 2.05) is 12.1 Å². The van der Waals surface area contributed by atoms with Crippen LogP contribution < -0.4 is 15.4 Å². The molecule has 1 atom stereocenters. The van der Waals surface area contributed by atoms with Crippen molar-refractivity contribution in [2.75, 3.05) is 40.3 Å². The second-order valence-electron chi connectivity index (χ2n) is 5.48. The molecule has 1 aromatic rings. The highest BCUT2D eigenvalue weighted by molar-refractivity contribution is 14.0. The van der Waals surface area contributed by atoms with Gasteiger partial charge in [-0.1, -0.05) is 18.2 Å². The Morgan fingerprint density at radius 3 is 2.57 bits per heavy atom. The average molecular weight is 432 g/mol. The number of nitrogens with one attached hydrogen (secondary N) is 2. The zero-order chi connectivity index (χ0) is 15.8. The lowest BCUT2D eigenvalue weighted by atomic mass is 10.0. The molecule has 1 fully saturated rings. The van der Waals surface area contributed by atoms with Gasteiger partial charge < -0.3 is 15.4 Å². The molecule has 0 aliphatic carbocycles. The van der Waals surface area contributed by atoms with Crippen LogP contribution in [0.2, 0.25) is 0 Å². The van der Waals surface area contributed by atoms with Crippen LogP contribution in [0.25, 0.3) is 0 Å². The quantitative estimate of drug-likeness (QED) is 0.412. The smallest absolute Gasteiger partial charge is 0.191 e. The molecule has 0 amide bonds. The predicted molar refractivity (Wildman–Crippen MR) is 107 cm³/mol. The fraction of sp³-hybridized carbons (Fsp3) is 0.588. The number of para-hydroxylation sites is 1. The minimum absolute atomic E-state index is 0. The number of hydrogen-bond acceptors (Lipinski definition) is 3. The highest BCUT2D eigenvalue weighted by Crippen LogP contribution is 2.31. The third-order valence-electron chi connectivity index (χ3n) is 4.11. The Bertz CT molecular complexity index is 489. The summed E-state index contributed by atoms with van der Waals surface area (Å²) >= 11 is 0. The molecule has 23 heavy (non-hydrogen) atoms. The monoisotopic (exact) mass is 432 g/mol. The van der Waals surface area contributed by atoms with Crippen LogP contribution >= 0.6 is 24.0 Å². The maximum Gasteiger partial charge on any atom is 0.191 e. The average Bonchev–Trinajstić information content (AvgIpc) is 3.08. The molecule has 5 nitrogen and oxygen atoms in total. The molecule has 0 bridgehead atoms. The Balaban J connectivity index is 0.00000264. The number of likely N-dealkylation sites (tertiary alicyclic amines) is 1. The van der Waals surface area contributed by atoms with Crippen LogP contribution in [0.1, 0.15) is 31.4 Å². The molecule has 0 saturated carbocycles. The van der Waals surface area contributed by atoms with E-state index in [4.69, 9.17) is 4.74 Å². The van der Waals surface area contributed by atoms with Crippen molar-refractivity contribution >= 4 is 29.9 Å². The summed E-state index contributed by atoms with van der Waals surface area (Å²) in [6, 6.07) is 8.61. The Labute approximate surface area is 156 Å². The van der Waals surface area contributed by atoms with Gasteiger partial charge in [0, 0.05) is 25.7 Å². The van der Waals surface area contributed by atoms with Crippen LogP contribution in [-0.4, -0.2) is 51.2 Å². The molecule has 1 heterocycles. The van der Waals surface area contributed by atoms with Crippen LogP contribution in [0.3, 0.4) is 0 Å². The zero-order valence-electron chi connectivity index (χ0n) is 14.3. The van der Waals surface area contributed by atoms with Crippen molar-refractivity contribution in [2.45, 2.75) is 25.8 Å². The van der Waals surface area contributed by atoms with Gasteiger partial charge in [-0.3, -0.25) is 9.89 Å². The summed E-state index contributed by atoms with van der Waals surface area (Å²) in [6.45, 7) is 6.04. The topological polar surface area (TPSA) is 48.9 Å².